The van der Waals surface area contributed by atoms with Gasteiger partial charge in [-0.25, -0.2) is 9.37 Å². The minimum absolute atomic E-state index is 0.0340. The van der Waals surface area contributed by atoms with Gasteiger partial charge in [-0.3, -0.25) is 10.1 Å². The van der Waals surface area contributed by atoms with E-state index in [0.717, 1.165) is 6.33 Å². The van der Waals surface area contributed by atoms with Gasteiger partial charge in [0.25, 0.3) is 5.88 Å². The van der Waals surface area contributed by atoms with Gasteiger partial charge in [0.2, 0.25) is 5.82 Å². The van der Waals surface area contributed by atoms with Gasteiger partial charge >= 0.3 is 5.69 Å². The molecule has 0 atom stereocenters. The van der Waals surface area contributed by atoms with Crippen molar-refractivity contribution in [3.05, 3.63) is 50.5 Å². The smallest absolute Gasteiger partial charge is 0.372 e. The third kappa shape index (κ3) is 3.43. The first kappa shape index (κ1) is 15.1. The first-order chi connectivity index (χ1) is 10.0. The van der Waals surface area contributed by atoms with Gasteiger partial charge in [0.05, 0.1) is 12.0 Å². The lowest BCUT2D eigenvalue weighted by Gasteiger charge is -2.08. The number of ether oxygens (including phenoxy) is 1. The second-order valence-electron chi connectivity index (χ2n) is 3.93. The number of halogens is 2. The van der Waals surface area contributed by atoms with Gasteiger partial charge in [-0.15, -0.1) is 0 Å². The molecule has 0 bridgehead atoms. The Bertz CT molecular complexity index is 684. The Labute approximate surface area is 127 Å². The predicted octanol–water partition coefficient (Wildman–Crippen LogP) is 2.91. The number of rotatable bonds is 5. The van der Waals surface area contributed by atoms with Crippen LogP contribution in [0.3, 0.4) is 0 Å². The van der Waals surface area contributed by atoms with E-state index >= 15 is 0 Å². The van der Waals surface area contributed by atoms with Crippen molar-refractivity contribution in [2.24, 2.45) is 0 Å². The highest BCUT2D eigenvalue weighted by Crippen LogP contribution is 2.30. The van der Waals surface area contributed by atoms with E-state index in [9.17, 15) is 14.5 Å². The zero-order valence-electron chi connectivity index (χ0n) is 10.8. The molecule has 2 aromatic rings. The molecule has 9 heteroatoms. The second-order valence-corrected chi connectivity index (χ2v) is 4.84. The van der Waals surface area contributed by atoms with E-state index < -0.39 is 16.4 Å². The summed E-state index contributed by atoms with van der Waals surface area (Å²) < 4.78 is 19.2. The van der Waals surface area contributed by atoms with E-state index in [0.29, 0.717) is 10.0 Å². The van der Waals surface area contributed by atoms with Crippen molar-refractivity contribution in [2.45, 2.75) is 6.54 Å². The summed E-state index contributed by atoms with van der Waals surface area (Å²) in [7, 11) is 1.27. The quantitative estimate of drug-likeness (QED) is 0.654. The van der Waals surface area contributed by atoms with Gasteiger partial charge in [0, 0.05) is 16.6 Å². The van der Waals surface area contributed by atoms with Crippen LogP contribution in [0.5, 0.6) is 5.88 Å². The fourth-order valence-corrected chi connectivity index (χ4v) is 2.07. The van der Waals surface area contributed by atoms with Crippen molar-refractivity contribution >= 4 is 27.4 Å². The van der Waals surface area contributed by atoms with Crippen molar-refractivity contribution in [3.8, 4) is 5.88 Å². The average Bonchev–Trinajstić information content (AvgIpc) is 2.47. The third-order valence-electron chi connectivity index (χ3n) is 2.62. The van der Waals surface area contributed by atoms with Gasteiger partial charge < -0.3 is 10.1 Å². The minimum Gasteiger partial charge on any atom is -0.476 e. The number of benzene rings is 1. The SMILES string of the molecule is COc1ncnc(NCc2cc(Br)ccc2F)c1[N+](=O)[O-]. The third-order valence-corrected chi connectivity index (χ3v) is 3.11. The van der Waals surface area contributed by atoms with Crippen LogP contribution in [-0.2, 0) is 6.54 Å². The molecule has 0 spiro atoms. The van der Waals surface area contributed by atoms with Gasteiger partial charge in [-0.05, 0) is 18.2 Å². The lowest BCUT2D eigenvalue weighted by atomic mass is 10.2. The predicted molar refractivity (Wildman–Crippen MR) is 76.7 cm³/mol. The lowest BCUT2D eigenvalue weighted by molar-refractivity contribution is -0.385. The minimum atomic E-state index is -0.654. The van der Waals surface area contributed by atoms with E-state index in [4.69, 9.17) is 4.74 Å². The summed E-state index contributed by atoms with van der Waals surface area (Å²) in [6.07, 6.45) is 1.13. The first-order valence-corrected chi connectivity index (χ1v) is 6.53. The summed E-state index contributed by atoms with van der Waals surface area (Å²) in [5, 5.41) is 13.8. The Balaban J connectivity index is 2.28. The first-order valence-electron chi connectivity index (χ1n) is 5.74. The fraction of sp³-hybridized carbons (Fsp3) is 0.167. The van der Waals surface area contributed by atoms with Crippen molar-refractivity contribution in [1.82, 2.24) is 9.97 Å². The summed E-state index contributed by atoms with van der Waals surface area (Å²) in [5.41, 5.74) is -0.0494. The molecule has 0 unspecified atom stereocenters. The average molecular weight is 357 g/mol. The topological polar surface area (TPSA) is 90.2 Å². The highest BCUT2D eigenvalue weighted by atomic mass is 79.9. The van der Waals surface area contributed by atoms with Crippen LogP contribution in [0.2, 0.25) is 0 Å². The number of hydrogen-bond donors (Lipinski definition) is 1. The second kappa shape index (κ2) is 6.44. The molecule has 1 aromatic heterocycles. The summed E-state index contributed by atoms with van der Waals surface area (Å²) in [5.74, 6) is -0.618. The Morgan fingerprint density at radius 1 is 1.48 bits per heavy atom. The largest absolute Gasteiger partial charge is 0.476 e. The molecule has 110 valence electrons. The number of nitrogens with zero attached hydrogens (tertiary/aromatic N) is 3. The van der Waals surface area contributed by atoms with E-state index in [1.807, 2.05) is 0 Å². The van der Waals surface area contributed by atoms with Crippen LogP contribution in [0, 0.1) is 15.9 Å². The van der Waals surface area contributed by atoms with Crippen LogP contribution in [-0.4, -0.2) is 22.0 Å². The Morgan fingerprint density at radius 3 is 2.90 bits per heavy atom. The molecule has 0 aliphatic heterocycles. The van der Waals surface area contributed by atoms with E-state index in [-0.39, 0.29) is 18.2 Å². The molecule has 0 saturated heterocycles. The van der Waals surface area contributed by atoms with Gasteiger partial charge in [0.15, 0.2) is 0 Å². The number of aromatic nitrogens is 2. The molecule has 21 heavy (non-hydrogen) atoms. The van der Waals surface area contributed by atoms with Crippen LogP contribution in [0.4, 0.5) is 15.9 Å². The molecule has 1 aromatic carbocycles. The number of hydrogen-bond acceptors (Lipinski definition) is 6. The molecular formula is C12H10BrFN4O3. The molecule has 1 N–H and O–H groups in total. The van der Waals surface area contributed by atoms with Crippen molar-refractivity contribution in [3.63, 3.8) is 0 Å². The molecule has 0 fully saturated rings. The number of methoxy groups -OCH3 is 1. The van der Waals surface area contributed by atoms with E-state index in [1.165, 1.54) is 13.2 Å². The monoisotopic (exact) mass is 356 g/mol. The molecule has 0 amide bonds. The molecule has 0 aliphatic rings. The maximum atomic E-state index is 13.6. The maximum absolute atomic E-state index is 13.6. The number of anilines is 1. The maximum Gasteiger partial charge on any atom is 0.372 e. The number of nitro groups is 1. The lowest BCUT2D eigenvalue weighted by Crippen LogP contribution is -2.08. The molecule has 1 heterocycles. The molecule has 0 saturated carbocycles. The Morgan fingerprint density at radius 2 is 2.24 bits per heavy atom. The molecule has 7 nitrogen and oxygen atoms in total. The van der Waals surface area contributed by atoms with Crippen LogP contribution in [0.15, 0.2) is 29.0 Å². The van der Waals surface area contributed by atoms with Crippen LogP contribution in [0.25, 0.3) is 0 Å². The van der Waals surface area contributed by atoms with Crippen LogP contribution in [0.1, 0.15) is 5.56 Å². The van der Waals surface area contributed by atoms with Crippen molar-refractivity contribution < 1.29 is 14.1 Å². The normalized spacial score (nSPS) is 10.2. The Kier molecular flexibility index (Phi) is 4.63. The zero-order valence-corrected chi connectivity index (χ0v) is 12.4. The van der Waals surface area contributed by atoms with Crippen LogP contribution < -0.4 is 10.1 Å². The highest BCUT2D eigenvalue weighted by molar-refractivity contribution is 9.10. The Hall–Kier alpha value is -2.29. The van der Waals surface area contributed by atoms with Crippen LogP contribution >= 0.6 is 15.9 Å². The fourth-order valence-electron chi connectivity index (χ4n) is 1.66. The standard InChI is InChI=1S/C12H10BrFN4O3/c1-21-12-10(18(19)20)11(16-6-17-12)15-5-7-4-8(13)2-3-9(7)14/h2-4,6H,5H2,1H3,(H,15,16,17). The summed E-state index contributed by atoms with van der Waals surface area (Å²) >= 11 is 3.23. The van der Waals surface area contributed by atoms with Gasteiger partial charge in [0.1, 0.15) is 12.1 Å². The number of nitrogens with one attached hydrogen (secondary N) is 1. The van der Waals surface area contributed by atoms with E-state index in [2.05, 4.69) is 31.2 Å². The van der Waals surface area contributed by atoms with Crippen molar-refractivity contribution in [2.75, 3.05) is 12.4 Å². The van der Waals surface area contributed by atoms with Gasteiger partial charge in [-0.2, -0.15) is 4.98 Å². The molecule has 0 aliphatic carbocycles. The summed E-state index contributed by atoms with van der Waals surface area (Å²) in [4.78, 5) is 17.9. The molecule has 0 radical (unpaired) electrons. The molecular weight excluding hydrogens is 347 g/mol. The summed E-state index contributed by atoms with van der Waals surface area (Å²) in [6, 6.07) is 4.44. The van der Waals surface area contributed by atoms with Gasteiger partial charge in [-0.1, -0.05) is 15.9 Å². The highest BCUT2D eigenvalue weighted by Gasteiger charge is 2.23. The molecule has 2 rings (SSSR count). The van der Waals surface area contributed by atoms with Crippen molar-refractivity contribution in [1.29, 1.82) is 0 Å². The summed E-state index contributed by atoms with van der Waals surface area (Å²) in [6.45, 7) is 0.0340. The zero-order chi connectivity index (χ0) is 15.4. The van der Waals surface area contributed by atoms with E-state index in [1.54, 1.807) is 12.1 Å².